The van der Waals surface area contributed by atoms with Gasteiger partial charge in [0.05, 0.1) is 9.85 Å². The monoisotopic (exact) mass is 373 g/mol. The van der Waals surface area contributed by atoms with Gasteiger partial charge in [-0.3, -0.25) is 20.2 Å². The summed E-state index contributed by atoms with van der Waals surface area (Å²) in [5.41, 5.74) is 6.93. The number of hydrogen-bond donors (Lipinski definition) is 1. The molecule has 0 aliphatic heterocycles. The summed E-state index contributed by atoms with van der Waals surface area (Å²) in [6, 6.07) is 10.2. The number of nitro benzene ring substituents is 2. The number of non-ortho nitro benzene ring substituents is 2. The summed E-state index contributed by atoms with van der Waals surface area (Å²) >= 11 is 1.24. The average Bonchev–Trinajstić information content (AvgIpc) is 3.09. The van der Waals surface area contributed by atoms with Crippen LogP contribution in [0.25, 0.3) is 11.5 Å². The normalized spacial score (nSPS) is 10.6. The van der Waals surface area contributed by atoms with Gasteiger partial charge in [0.1, 0.15) is 0 Å². The first-order valence-corrected chi connectivity index (χ1v) is 8.16. The van der Waals surface area contributed by atoms with Gasteiger partial charge in [-0.05, 0) is 11.6 Å². The van der Waals surface area contributed by atoms with E-state index in [-0.39, 0.29) is 28.2 Å². The molecule has 0 fully saturated rings. The minimum Gasteiger partial charge on any atom is -0.411 e. The first-order valence-electron chi connectivity index (χ1n) is 7.17. The smallest absolute Gasteiger partial charge is 0.277 e. The number of nitrogen functional groups attached to an aromatic ring is 1. The Bertz CT molecular complexity index is 973. The Morgan fingerprint density at radius 3 is 2.35 bits per heavy atom. The summed E-state index contributed by atoms with van der Waals surface area (Å²) in [6.07, 6.45) is 0. The molecule has 0 spiro atoms. The Labute approximate surface area is 150 Å². The molecule has 1 heterocycles. The lowest BCUT2D eigenvalue weighted by Crippen LogP contribution is -1.92. The molecule has 11 heteroatoms. The van der Waals surface area contributed by atoms with Crippen LogP contribution in [-0.2, 0) is 5.75 Å². The number of nitrogens with two attached hydrogens (primary N) is 1. The fraction of sp³-hybridized carbons (Fsp3) is 0.0667. The zero-order valence-electron chi connectivity index (χ0n) is 13.1. The second kappa shape index (κ2) is 7.19. The Morgan fingerprint density at radius 2 is 1.69 bits per heavy atom. The third-order valence-electron chi connectivity index (χ3n) is 3.31. The van der Waals surface area contributed by atoms with Crippen molar-refractivity contribution in [1.82, 2.24) is 10.2 Å². The van der Waals surface area contributed by atoms with E-state index in [0.717, 1.165) is 5.56 Å². The van der Waals surface area contributed by atoms with E-state index in [1.54, 1.807) is 12.1 Å². The maximum absolute atomic E-state index is 10.9. The summed E-state index contributed by atoms with van der Waals surface area (Å²) in [6.45, 7) is 0. The second-order valence-electron chi connectivity index (χ2n) is 5.16. The number of anilines is 1. The molecule has 2 N–H and O–H groups in total. The van der Waals surface area contributed by atoms with E-state index in [2.05, 4.69) is 10.2 Å². The molecule has 0 amide bonds. The van der Waals surface area contributed by atoms with Crippen LogP contribution in [0.2, 0.25) is 0 Å². The van der Waals surface area contributed by atoms with Crippen LogP contribution < -0.4 is 5.73 Å². The highest BCUT2D eigenvalue weighted by atomic mass is 32.2. The van der Waals surface area contributed by atoms with Crippen LogP contribution in [0.4, 0.5) is 17.1 Å². The van der Waals surface area contributed by atoms with Crippen molar-refractivity contribution in [3.8, 4) is 11.5 Å². The van der Waals surface area contributed by atoms with Crippen LogP contribution in [0, 0.1) is 20.2 Å². The van der Waals surface area contributed by atoms with Crippen LogP contribution in [0.1, 0.15) is 5.56 Å². The standard InChI is InChI=1S/C15H11N5O5S/c16-11-5-10(6-13(7-11)20(23)24)14-17-18-15(25-14)26-8-9-1-3-12(4-2-9)19(21)22/h1-7H,8,16H2. The molecule has 1 aromatic heterocycles. The SMILES string of the molecule is Nc1cc(-c2nnc(SCc3ccc([N+](=O)[O-])cc3)o2)cc([N+](=O)[O-])c1. The zero-order valence-corrected chi connectivity index (χ0v) is 13.9. The highest BCUT2D eigenvalue weighted by Gasteiger charge is 2.15. The lowest BCUT2D eigenvalue weighted by Gasteiger charge is -1.99. The lowest BCUT2D eigenvalue weighted by atomic mass is 10.2. The van der Waals surface area contributed by atoms with Crippen molar-refractivity contribution >= 4 is 28.8 Å². The van der Waals surface area contributed by atoms with E-state index in [1.165, 1.54) is 42.1 Å². The predicted molar refractivity (Wildman–Crippen MR) is 93.5 cm³/mol. The third kappa shape index (κ3) is 3.95. The van der Waals surface area contributed by atoms with E-state index in [9.17, 15) is 20.2 Å². The number of thioether (sulfide) groups is 1. The van der Waals surface area contributed by atoms with E-state index in [0.29, 0.717) is 11.3 Å². The first kappa shape index (κ1) is 17.4. The molecule has 10 nitrogen and oxygen atoms in total. The fourth-order valence-corrected chi connectivity index (χ4v) is 2.83. The van der Waals surface area contributed by atoms with Gasteiger partial charge < -0.3 is 10.2 Å². The van der Waals surface area contributed by atoms with Crippen LogP contribution in [0.3, 0.4) is 0 Å². The van der Waals surface area contributed by atoms with Gasteiger partial charge in [-0.15, -0.1) is 10.2 Å². The summed E-state index contributed by atoms with van der Waals surface area (Å²) in [5.74, 6) is 0.586. The molecule has 0 atom stereocenters. The molecule has 26 heavy (non-hydrogen) atoms. The number of nitrogens with zero attached hydrogens (tertiary/aromatic N) is 4. The molecular formula is C15H11N5O5S. The molecular weight excluding hydrogens is 362 g/mol. The Balaban J connectivity index is 1.72. The van der Waals surface area contributed by atoms with Crippen LogP contribution >= 0.6 is 11.8 Å². The number of nitro groups is 2. The lowest BCUT2D eigenvalue weighted by molar-refractivity contribution is -0.385. The Kier molecular flexibility index (Phi) is 4.80. The summed E-state index contributed by atoms with van der Waals surface area (Å²) < 4.78 is 5.50. The molecule has 2 aromatic carbocycles. The largest absolute Gasteiger partial charge is 0.411 e. The van der Waals surface area contributed by atoms with Crippen molar-refractivity contribution in [3.05, 3.63) is 68.3 Å². The van der Waals surface area contributed by atoms with E-state index in [4.69, 9.17) is 10.2 Å². The minimum atomic E-state index is -0.555. The van der Waals surface area contributed by atoms with E-state index >= 15 is 0 Å². The molecule has 0 saturated carbocycles. The van der Waals surface area contributed by atoms with Gasteiger partial charge in [-0.25, -0.2) is 0 Å². The Hall–Kier alpha value is -3.47. The summed E-state index contributed by atoms with van der Waals surface area (Å²) in [7, 11) is 0. The maximum atomic E-state index is 10.9. The summed E-state index contributed by atoms with van der Waals surface area (Å²) in [5, 5.41) is 29.6. The van der Waals surface area contributed by atoms with Gasteiger partial charge in [0.25, 0.3) is 16.6 Å². The summed E-state index contributed by atoms with van der Waals surface area (Å²) in [4.78, 5) is 20.5. The number of aromatic nitrogens is 2. The van der Waals surface area contributed by atoms with Gasteiger partial charge in [0.15, 0.2) is 0 Å². The predicted octanol–water partition coefficient (Wildman–Crippen LogP) is 3.43. The van der Waals surface area contributed by atoms with Gasteiger partial charge in [0.2, 0.25) is 5.89 Å². The molecule has 3 rings (SSSR count). The molecule has 0 saturated heterocycles. The molecule has 132 valence electrons. The molecule has 0 unspecified atom stereocenters. The second-order valence-corrected chi connectivity index (χ2v) is 6.08. The highest BCUT2D eigenvalue weighted by Crippen LogP contribution is 2.29. The zero-order chi connectivity index (χ0) is 18.7. The molecule has 0 aliphatic carbocycles. The third-order valence-corrected chi connectivity index (χ3v) is 4.20. The van der Waals surface area contributed by atoms with Gasteiger partial charge in [-0.2, -0.15) is 0 Å². The molecule has 0 radical (unpaired) electrons. The van der Waals surface area contributed by atoms with Gasteiger partial charge in [0, 0.05) is 41.3 Å². The van der Waals surface area contributed by atoms with Crippen molar-refractivity contribution in [2.24, 2.45) is 0 Å². The van der Waals surface area contributed by atoms with Crippen LogP contribution in [-0.4, -0.2) is 20.0 Å². The average molecular weight is 373 g/mol. The first-order chi connectivity index (χ1) is 12.4. The van der Waals surface area contributed by atoms with Crippen molar-refractivity contribution in [2.75, 3.05) is 5.73 Å². The van der Waals surface area contributed by atoms with E-state index in [1.807, 2.05) is 0 Å². The van der Waals surface area contributed by atoms with Gasteiger partial charge >= 0.3 is 0 Å². The number of benzene rings is 2. The molecule has 0 aliphatic rings. The molecule has 3 aromatic rings. The quantitative estimate of drug-likeness (QED) is 0.296. The van der Waals surface area contributed by atoms with Crippen LogP contribution in [0.5, 0.6) is 0 Å². The van der Waals surface area contributed by atoms with Gasteiger partial charge in [-0.1, -0.05) is 23.9 Å². The van der Waals surface area contributed by atoms with Crippen molar-refractivity contribution < 1.29 is 14.3 Å². The molecule has 0 bridgehead atoms. The maximum Gasteiger partial charge on any atom is 0.277 e. The number of hydrogen-bond acceptors (Lipinski definition) is 9. The fourth-order valence-electron chi connectivity index (χ4n) is 2.11. The van der Waals surface area contributed by atoms with Crippen molar-refractivity contribution in [3.63, 3.8) is 0 Å². The topological polar surface area (TPSA) is 151 Å². The minimum absolute atomic E-state index is 0.0158. The van der Waals surface area contributed by atoms with E-state index < -0.39 is 9.85 Å². The van der Waals surface area contributed by atoms with Crippen molar-refractivity contribution in [1.29, 1.82) is 0 Å². The van der Waals surface area contributed by atoms with Crippen LogP contribution in [0.15, 0.2) is 52.1 Å². The van der Waals surface area contributed by atoms with Crippen molar-refractivity contribution in [2.45, 2.75) is 11.0 Å². The Morgan fingerprint density at radius 1 is 1.00 bits per heavy atom. The highest BCUT2D eigenvalue weighted by molar-refractivity contribution is 7.98. The number of rotatable bonds is 6.